The Balaban J connectivity index is 2.27. The second kappa shape index (κ2) is 5.10. The lowest BCUT2D eigenvalue weighted by Gasteiger charge is -2.28. The fourth-order valence-corrected chi connectivity index (χ4v) is 2.55. The number of anilines is 2. The van der Waals surface area contributed by atoms with Crippen LogP contribution < -0.4 is 10.6 Å². The average molecular weight is 288 g/mol. The Morgan fingerprint density at radius 1 is 1.30 bits per heavy atom. The highest BCUT2D eigenvalue weighted by atomic mass is 19.4. The van der Waals surface area contributed by atoms with E-state index in [2.05, 4.69) is 34.4 Å². The van der Waals surface area contributed by atoms with Gasteiger partial charge in [-0.05, 0) is 18.3 Å². The molecular formula is C13H19F3N4. The topological polar surface area (TPSA) is 49.8 Å². The van der Waals surface area contributed by atoms with E-state index in [-0.39, 0.29) is 23.2 Å². The minimum Gasteiger partial charge on any atom is -0.367 e. The van der Waals surface area contributed by atoms with Crippen molar-refractivity contribution < 1.29 is 13.2 Å². The minimum absolute atomic E-state index is 0.0295. The van der Waals surface area contributed by atoms with Crippen LogP contribution in [-0.2, 0) is 6.18 Å². The molecule has 1 aromatic rings. The van der Waals surface area contributed by atoms with Gasteiger partial charge in [0.05, 0.1) is 0 Å². The molecule has 1 aromatic heterocycles. The second-order valence-electron chi connectivity index (χ2n) is 5.79. The summed E-state index contributed by atoms with van der Waals surface area (Å²) in [5, 5.41) is 5.69. The molecule has 0 saturated heterocycles. The van der Waals surface area contributed by atoms with Crippen LogP contribution in [0.4, 0.5) is 24.9 Å². The van der Waals surface area contributed by atoms with E-state index in [1.54, 1.807) is 0 Å². The maximum absolute atomic E-state index is 12.8. The predicted molar refractivity (Wildman–Crippen MR) is 71.6 cm³/mol. The van der Waals surface area contributed by atoms with Crippen molar-refractivity contribution in [1.29, 1.82) is 0 Å². The zero-order chi connectivity index (χ0) is 15.0. The number of hydrogen-bond donors (Lipinski definition) is 2. The summed E-state index contributed by atoms with van der Waals surface area (Å²) < 4.78 is 38.4. The Hall–Kier alpha value is -1.53. The number of nitrogens with zero attached hydrogens (tertiary/aromatic N) is 2. The minimum atomic E-state index is -4.48. The van der Waals surface area contributed by atoms with Crippen molar-refractivity contribution in [1.82, 2.24) is 9.97 Å². The van der Waals surface area contributed by atoms with E-state index in [1.807, 2.05) is 0 Å². The number of aromatic nitrogens is 2. The van der Waals surface area contributed by atoms with Gasteiger partial charge in [0.25, 0.3) is 0 Å². The first-order chi connectivity index (χ1) is 9.22. The molecule has 0 spiro atoms. The van der Waals surface area contributed by atoms with Crippen LogP contribution in [0.5, 0.6) is 0 Å². The average Bonchev–Trinajstić information content (AvgIpc) is 2.67. The SMILES string of the molecule is CNc1nc(NC2CCCC2(C)C)cc(C(F)(F)F)n1. The van der Waals surface area contributed by atoms with E-state index in [1.165, 1.54) is 7.05 Å². The molecule has 4 nitrogen and oxygen atoms in total. The molecule has 20 heavy (non-hydrogen) atoms. The number of alkyl halides is 3. The summed E-state index contributed by atoms with van der Waals surface area (Å²) in [6.07, 6.45) is -1.41. The standard InChI is InChI=1S/C13H19F3N4/c1-12(2)6-4-5-8(12)18-10-7-9(13(14,15)16)19-11(17-3)20-10/h7-8H,4-6H2,1-3H3,(H2,17,18,19,20). The molecule has 112 valence electrons. The van der Waals surface area contributed by atoms with Crippen molar-refractivity contribution in [3.8, 4) is 0 Å². The lowest BCUT2D eigenvalue weighted by molar-refractivity contribution is -0.141. The van der Waals surface area contributed by atoms with Gasteiger partial charge in [-0.25, -0.2) is 4.98 Å². The van der Waals surface area contributed by atoms with E-state index >= 15 is 0 Å². The van der Waals surface area contributed by atoms with Crippen LogP contribution >= 0.6 is 0 Å². The summed E-state index contributed by atoms with van der Waals surface area (Å²) in [6, 6.07) is 1.10. The van der Waals surface area contributed by atoms with Gasteiger partial charge in [0.2, 0.25) is 5.95 Å². The lowest BCUT2D eigenvalue weighted by Crippen LogP contribution is -2.31. The fourth-order valence-electron chi connectivity index (χ4n) is 2.55. The molecule has 0 radical (unpaired) electrons. The van der Waals surface area contributed by atoms with Crippen molar-refractivity contribution in [2.75, 3.05) is 17.7 Å². The Morgan fingerprint density at radius 2 is 2.00 bits per heavy atom. The second-order valence-corrected chi connectivity index (χ2v) is 5.79. The lowest BCUT2D eigenvalue weighted by atomic mass is 9.87. The van der Waals surface area contributed by atoms with Crippen molar-refractivity contribution in [3.63, 3.8) is 0 Å². The molecule has 0 amide bonds. The number of hydrogen-bond acceptors (Lipinski definition) is 4. The van der Waals surface area contributed by atoms with Gasteiger partial charge in [-0.2, -0.15) is 18.2 Å². The van der Waals surface area contributed by atoms with E-state index in [9.17, 15) is 13.2 Å². The summed E-state index contributed by atoms with van der Waals surface area (Å²) in [4.78, 5) is 7.51. The summed E-state index contributed by atoms with van der Waals surface area (Å²) in [7, 11) is 1.50. The predicted octanol–water partition coefficient (Wildman–Crippen LogP) is 3.53. The number of nitrogens with one attached hydrogen (secondary N) is 2. The van der Waals surface area contributed by atoms with E-state index in [0.717, 1.165) is 25.3 Å². The highest BCUT2D eigenvalue weighted by molar-refractivity contribution is 5.44. The molecule has 1 fully saturated rings. The molecule has 0 aromatic carbocycles. The monoisotopic (exact) mass is 288 g/mol. The first-order valence-electron chi connectivity index (χ1n) is 6.63. The summed E-state index contributed by atoms with van der Waals surface area (Å²) in [5.41, 5.74) is -0.876. The van der Waals surface area contributed by atoms with Crippen molar-refractivity contribution in [3.05, 3.63) is 11.8 Å². The molecule has 1 aliphatic rings. The van der Waals surface area contributed by atoms with Crippen LogP contribution in [0.3, 0.4) is 0 Å². The van der Waals surface area contributed by atoms with Gasteiger partial charge in [-0.1, -0.05) is 20.3 Å². The van der Waals surface area contributed by atoms with Crippen LogP contribution in [0.1, 0.15) is 38.8 Å². The maximum Gasteiger partial charge on any atom is 0.433 e. The van der Waals surface area contributed by atoms with Gasteiger partial charge >= 0.3 is 6.18 Å². The van der Waals surface area contributed by atoms with Gasteiger partial charge in [-0.3, -0.25) is 0 Å². The zero-order valence-electron chi connectivity index (χ0n) is 11.8. The molecule has 2 N–H and O–H groups in total. The first-order valence-corrected chi connectivity index (χ1v) is 6.63. The van der Waals surface area contributed by atoms with E-state index in [0.29, 0.717) is 0 Å². The largest absolute Gasteiger partial charge is 0.433 e. The third kappa shape index (κ3) is 3.13. The first kappa shape index (κ1) is 14.9. The summed E-state index contributed by atoms with van der Waals surface area (Å²) in [6.45, 7) is 4.23. The van der Waals surface area contributed by atoms with Crippen LogP contribution in [0.15, 0.2) is 6.07 Å². The molecule has 1 atom stereocenters. The molecule has 0 bridgehead atoms. The van der Waals surface area contributed by atoms with Crippen LogP contribution in [-0.4, -0.2) is 23.1 Å². The summed E-state index contributed by atoms with van der Waals surface area (Å²) >= 11 is 0. The van der Waals surface area contributed by atoms with Crippen molar-refractivity contribution in [2.24, 2.45) is 5.41 Å². The fraction of sp³-hybridized carbons (Fsp3) is 0.692. The zero-order valence-corrected chi connectivity index (χ0v) is 11.8. The number of rotatable bonds is 3. The normalized spacial score (nSPS) is 21.8. The Morgan fingerprint density at radius 3 is 2.50 bits per heavy atom. The molecule has 1 unspecified atom stereocenters. The van der Waals surface area contributed by atoms with Crippen LogP contribution in [0.25, 0.3) is 0 Å². The Kier molecular flexibility index (Phi) is 3.80. The van der Waals surface area contributed by atoms with Crippen LogP contribution in [0.2, 0.25) is 0 Å². The molecule has 7 heteroatoms. The molecule has 1 aliphatic carbocycles. The van der Waals surface area contributed by atoms with Gasteiger partial charge in [0, 0.05) is 19.2 Å². The molecule has 2 rings (SSSR count). The van der Waals surface area contributed by atoms with Crippen LogP contribution in [0, 0.1) is 5.41 Å². The maximum atomic E-state index is 12.8. The highest BCUT2D eigenvalue weighted by Crippen LogP contribution is 2.39. The number of halogens is 3. The molecule has 1 saturated carbocycles. The Labute approximate surface area is 116 Å². The third-order valence-electron chi connectivity index (χ3n) is 3.82. The van der Waals surface area contributed by atoms with E-state index in [4.69, 9.17) is 0 Å². The van der Waals surface area contributed by atoms with E-state index < -0.39 is 11.9 Å². The quantitative estimate of drug-likeness (QED) is 0.893. The van der Waals surface area contributed by atoms with Gasteiger partial charge in [0.15, 0.2) is 5.69 Å². The van der Waals surface area contributed by atoms with Crippen molar-refractivity contribution >= 4 is 11.8 Å². The highest BCUT2D eigenvalue weighted by Gasteiger charge is 2.36. The van der Waals surface area contributed by atoms with Crippen molar-refractivity contribution in [2.45, 2.75) is 45.3 Å². The van der Waals surface area contributed by atoms with Gasteiger partial charge in [0.1, 0.15) is 5.82 Å². The Bertz CT molecular complexity index is 485. The third-order valence-corrected chi connectivity index (χ3v) is 3.82. The molecule has 0 aliphatic heterocycles. The summed E-state index contributed by atoms with van der Waals surface area (Å²) in [5.74, 6) is 0.190. The molecular weight excluding hydrogens is 269 g/mol. The smallest absolute Gasteiger partial charge is 0.367 e. The molecule has 1 heterocycles. The van der Waals surface area contributed by atoms with Gasteiger partial charge < -0.3 is 10.6 Å². The van der Waals surface area contributed by atoms with Gasteiger partial charge in [-0.15, -0.1) is 0 Å².